The van der Waals surface area contributed by atoms with E-state index < -0.39 is 0 Å². The Bertz CT molecular complexity index is 779. The quantitative estimate of drug-likeness (QED) is 0.712. The highest BCUT2D eigenvalue weighted by molar-refractivity contribution is 7.13. The van der Waals surface area contributed by atoms with Gasteiger partial charge in [0, 0.05) is 6.07 Å². The van der Waals surface area contributed by atoms with E-state index in [4.69, 9.17) is 9.26 Å². The Morgan fingerprint density at radius 1 is 1.29 bits per heavy atom. The molecule has 0 radical (unpaired) electrons. The molecular formula is C18H18N2O3S. The third-order valence-electron chi connectivity index (χ3n) is 3.39. The lowest BCUT2D eigenvalue weighted by atomic mass is 10.1. The fourth-order valence-electron chi connectivity index (χ4n) is 2.24. The zero-order valence-corrected chi connectivity index (χ0v) is 14.1. The molecule has 2 aromatic heterocycles. The molecule has 0 unspecified atom stereocenters. The summed E-state index contributed by atoms with van der Waals surface area (Å²) in [4.78, 5) is 13.1. The van der Waals surface area contributed by atoms with Crippen LogP contribution in [0.25, 0.3) is 10.6 Å². The van der Waals surface area contributed by atoms with Crippen LogP contribution in [0.3, 0.4) is 0 Å². The van der Waals surface area contributed by atoms with Crippen molar-refractivity contribution in [3.63, 3.8) is 0 Å². The number of benzene rings is 1. The molecule has 0 aliphatic carbocycles. The van der Waals surface area contributed by atoms with Crippen molar-refractivity contribution in [2.45, 2.75) is 19.9 Å². The van der Waals surface area contributed by atoms with Gasteiger partial charge in [-0.05, 0) is 36.1 Å². The van der Waals surface area contributed by atoms with E-state index in [2.05, 4.69) is 10.5 Å². The van der Waals surface area contributed by atoms with Crippen molar-refractivity contribution in [1.82, 2.24) is 10.5 Å². The third-order valence-corrected chi connectivity index (χ3v) is 4.27. The Hall–Kier alpha value is -2.60. The minimum absolute atomic E-state index is 0.0557. The van der Waals surface area contributed by atoms with Gasteiger partial charge in [-0.15, -0.1) is 11.3 Å². The fraction of sp³-hybridized carbons (Fsp3) is 0.222. The van der Waals surface area contributed by atoms with Gasteiger partial charge in [0.05, 0.1) is 24.4 Å². The lowest BCUT2D eigenvalue weighted by Gasteiger charge is -2.05. The van der Waals surface area contributed by atoms with Crippen molar-refractivity contribution < 1.29 is 14.1 Å². The second-order valence-electron chi connectivity index (χ2n) is 5.19. The van der Waals surface area contributed by atoms with Crippen LogP contribution in [0.2, 0.25) is 0 Å². The van der Waals surface area contributed by atoms with Gasteiger partial charge in [-0.3, -0.25) is 4.79 Å². The number of amides is 1. The summed E-state index contributed by atoms with van der Waals surface area (Å²) in [5.74, 6) is 1.48. The van der Waals surface area contributed by atoms with Crippen molar-refractivity contribution in [3.05, 3.63) is 59.1 Å². The number of carbonyl (C=O) groups excluding carboxylic acids is 1. The van der Waals surface area contributed by atoms with Gasteiger partial charge in [0.15, 0.2) is 5.76 Å². The van der Waals surface area contributed by atoms with Crippen LogP contribution in [0.4, 0.5) is 0 Å². The van der Waals surface area contributed by atoms with Gasteiger partial charge in [-0.2, -0.15) is 0 Å². The predicted octanol–water partition coefficient (Wildman–Crippen LogP) is 3.66. The van der Waals surface area contributed by atoms with Crippen molar-refractivity contribution in [1.29, 1.82) is 0 Å². The monoisotopic (exact) mass is 342 g/mol. The smallest absolute Gasteiger partial charge is 0.224 e. The number of hydrogen-bond donors (Lipinski definition) is 1. The lowest BCUT2D eigenvalue weighted by molar-refractivity contribution is -0.120. The number of thiophene rings is 1. The van der Waals surface area contributed by atoms with Crippen LogP contribution in [0.1, 0.15) is 18.2 Å². The highest BCUT2D eigenvalue weighted by atomic mass is 32.1. The summed E-state index contributed by atoms with van der Waals surface area (Å²) in [5.41, 5.74) is 1.65. The summed E-state index contributed by atoms with van der Waals surface area (Å²) in [5, 5.41) is 8.82. The number of carbonyl (C=O) groups is 1. The van der Waals surface area contributed by atoms with Crippen LogP contribution in [-0.2, 0) is 17.8 Å². The molecule has 1 amide bonds. The maximum absolute atomic E-state index is 12.0. The maximum atomic E-state index is 12.0. The first-order valence-electron chi connectivity index (χ1n) is 7.72. The lowest BCUT2D eigenvalue weighted by Crippen LogP contribution is -2.24. The first-order chi connectivity index (χ1) is 11.7. The van der Waals surface area contributed by atoms with Crippen LogP contribution in [0.5, 0.6) is 5.75 Å². The molecule has 0 spiro atoms. The average molecular weight is 342 g/mol. The molecule has 0 fully saturated rings. The van der Waals surface area contributed by atoms with E-state index in [9.17, 15) is 4.79 Å². The summed E-state index contributed by atoms with van der Waals surface area (Å²) in [6.45, 7) is 2.92. The molecule has 6 heteroatoms. The average Bonchev–Trinajstić information content (AvgIpc) is 3.26. The van der Waals surface area contributed by atoms with E-state index in [0.717, 1.165) is 22.0 Å². The van der Waals surface area contributed by atoms with Gasteiger partial charge in [0.25, 0.3) is 0 Å². The van der Waals surface area contributed by atoms with Crippen LogP contribution >= 0.6 is 11.3 Å². The van der Waals surface area contributed by atoms with Gasteiger partial charge >= 0.3 is 0 Å². The van der Waals surface area contributed by atoms with E-state index in [1.807, 2.05) is 54.8 Å². The number of nitrogens with one attached hydrogen (secondary N) is 1. The molecule has 0 bridgehead atoms. The van der Waals surface area contributed by atoms with E-state index in [1.165, 1.54) is 0 Å². The van der Waals surface area contributed by atoms with E-state index >= 15 is 0 Å². The number of hydrogen-bond acceptors (Lipinski definition) is 5. The molecule has 0 saturated carbocycles. The second kappa shape index (κ2) is 7.79. The molecule has 0 saturated heterocycles. The van der Waals surface area contributed by atoms with Crippen molar-refractivity contribution in [2.24, 2.45) is 0 Å². The molecule has 0 atom stereocenters. The Balaban J connectivity index is 1.50. The first kappa shape index (κ1) is 16.3. The van der Waals surface area contributed by atoms with Crippen LogP contribution in [0.15, 0.2) is 52.4 Å². The van der Waals surface area contributed by atoms with Crippen LogP contribution in [-0.4, -0.2) is 17.7 Å². The highest BCUT2D eigenvalue weighted by Gasteiger charge is 2.09. The molecule has 3 rings (SSSR count). The SMILES string of the molecule is CCOc1ccc(CC(=O)NCc2cc(-c3cccs3)on2)cc1. The molecule has 24 heavy (non-hydrogen) atoms. The standard InChI is InChI=1S/C18H18N2O3S/c1-2-22-15-7-5-13(6-8-15)10-18(21)19-12-14-11-16(23-20-14)17-4-3-9-24-17/h3-9,11H,2,10,12H2,1H3,(H,19,21). The zero-order chi connectivity index (χ0) is 16.8. The van der Waals surface area contributed by atoms with E-state index in [-0.39, 0.29) is 5.91 Å². The summed E-state index contributed by atoms with van der Waals surface area (Å²) in [7, 11) is 0. The molecule has 0 aliphatic rings. The van der Waals surface area contributed by atoms with Gasteiger partial charge in [0.1, 0.15) is 11.4 Å². The maximum Gasteiger partial charge on any atom is 0.224 e. The summed E-state index contributed by atoms with van der Waals surface area (Å²) < 4.78 is 10.7. The number of ether oxygens (including phenoxy) is 1. The van der Waals surface area contributed by atoms with Crippen molar-refractivity contribution >= 4 is 17.2 Å². The Morgan fingerprint density at radius 2 is 2.12 bits per heavy atom. The van der Waals surface area contributed by atoms with Crippen LogP contribution in [0, 0.1) is 0 Å². The molecule has 3 aromatic rings. The van der Waals surface area contributed by atoms with Crippen molar-refractivity contribution in [3.8, 4) is 16.4 Å². The largest absolute Gasteiger partial charge is 0.494 e. The van der Waals surface area contributed by atoms with Crippen LogP contribution < -0.4 is 10.1 Å². The molecule has 1 aromatic carbocycles. The molecular weight excluding hydrogens is 324 g/mol. The summed E-state index contributed by atoms with van der Waals surface area (Å²) in [6, 6.07) is 13.3. The molecule has 2 heterocycles. The normalized spacial score (nSPS) is 10.5. The highest BCUT2D eigenvalue weighted by Crippen LogP contribution is 2.25. The first-order valence-corrected chi connectivity index (χ1v) is 8.60. The number of aromatic nitrogens is 1. The Labute approximate surface area is 144 Å². The Morgan fingerprint density at radius 3 is 2.83 bits per heavy atom. The third kappa shape index (κ3) is 4.23. The van der Waals surface area contributed by atoms with Gasteiger partial charge in [-0.1, -0.05) is 23.4 Å². The minimum Gasteiger partial charge on any atom is -0.494 e. The summed E-state index contributed by atoms with van der Waals surface area (Å²) in [6.07, 6.45) is 0.321. The Kier molecular flexibility index (Phi) is 5.28. The molecule has 1 N–H and O–H groups in total. The van der Waals surface area contributed by atoms with E-state index in [1.54, 1.807) is 11.3 Å². The van der Waals surface area contributed by atoms with Gasteiger partial charge in [0.2, 0.25) is 5.91 Å². The van der Waals surface area contributed by atoms with Gasteiger partial charge in [-0.25, -0.2) is 0 Å². The van der Waals surface area contributed by atoms with Gasteiger partial charge < -0.3 is 14.6 Å². The minimum atomic E-state index is -0.0557. The number of nitrogens with zero attached hydrogens (tertiary/aromatic N) is 1. The molecule has 0 aliphatic heterocycles. The fourth-order valence-corrected chi connectivity index (χ4v) is 2.91. The van der Waals surface area contributed by atoms with E-state index in [0.29, 0.717) is 25.3 Å². The molecule has 124 valence electrons. The topological polar surface area (TPSA) is 64.4 Å². The number of rotatable bonds is 7. The predicted molar refractivity (Wildman–Crippen MR) is 93.0 cm³/mol. The van der Waals surface area contributed by atoms with Crippen molar-refractivity contribution in [2.75, 3.05) is 6.61 Å². The second-order valence-corrected chi connectivity index (χ2v) is 6.14. The summed E-state index contributed by atoms with van der Waals surface area (Å²) >= 11 is 1.59. The zero-order valence-electron chi connectivity index (χ0n) is 13.3. The molecule has 5 nitrogen and oxygen atoms in total.